The summed E-state index contributed by atoms with van der Waals surface area (Å²) in [4.78, 5) is 18.0. The predicted molar refractivity (Wildman–Crippen MR) is 95.2 cm³/mol. The van der Waals surface area contributed by atoms with Crippen molar-refractivity contribution in [1.82, 2.24) is 4.73 Å². The molecule has 4 nitrogen and oxygen atoms in total. The van der Waals surface area contributed by atoms with E-state index in [1.54, 1.807) is 4.73 Å². The Hall–Kier alpha value is -2.75. The number of nitrogens with zero attached hydrogens (tertiary/aromatic N) is 1. The van der Waals surface area contributed by atoms with Crippen LogP contribution in [0.3, 0.4) is 0 Å². The van der Waals surface area contributed by atoms with Gasteiger partial charge in [0.1, 0.15) is 12.3 Å². The van der Waals surface area contributed by atoms with E-state index < -0.39 is 5.97 Å². The second-order valence-corrected chi connectivity index (χ2v) is 7.04. The third-order valence-corrected chi connectivity index (χ3v) is 3.72. The molecular weight excluding hydrogens is 302 g/mol. The van der Waals surface area contributed by atoms with Crippen molar-refractivity contribution in [1.29, 1.82) is 0 Å². The van der Waals surface area contributed by atoms with Crippen LogP contribution in [0.1, 0.15) is 31.1 Å². The predicted octanol–water partition coefficient (Wildman–Crippen LogP) is 4.48. The van der Waals surface area contributed by atoms with Crippen LogP contribution in [0.15, 0.2) is 54.6 Å². The van der Waals surface area contributed by atoms with Gasteiger partial charge in [-0.05, 0) is 11.5 Å². The monoisotopic (exact) mass is 323 g/mol. The first-order valence-electron chi connectivity index (χ1n) is 7.94. The van der Waals surface area contributed by atoms with Crippen LogP contribution in [-0.4, -0.2) is 22.4 Å². The second kappa shape index (κ2) is 6.04. The maximum Gasteiger partial charge on any atom is 0.338 e. The van der Waals surface area contributed by atoms with E-state index in [1.807, 2.05) is 54.6 Å². The van der Waals surface area contributed by atoms with Gasteiger partial charge in [-0.25, -0.2) is 4.79 Å². The Kier molecular flexibility index (Phi) is 4.06. The van der Waals surface area contributed by atoms with Gasteiger partial charge >= 0.3 is 5.97 Å². The molecule has 24 heavy (non-hydrogen) atoms. The zero-order valence-corrected chi connectivity index (χ0v) is 14.1. The molecule has 0 aliphatic carbocycles. The lowest BCUT2D eigenvalue weighted by Gasteiger charge is -2.21. The molecule has 0 bridgehead atoms. The molecule has 1 heterocycles. The lowest BCUT2D eigenvalue weighted by molar-refractivity contribution is 0.0631. The zero-order chi connectivity index (χ0) is 17.3. The molecule has 0 fully saturated rings. The first-order valence-corrected chi connectivity index (χ1v) is 7.94. The molecule has 4 heteroatoms. The van der Waals surface area contributed by atoms with E-state index in [2.05, 4.69) is 20.8 Å². The van der Waals surface area contributed by atoms with Gasteiger partial charge in [0.05, 0.1) is 11.1 Å². The molecule has 0 amide bonds. The molecule has 0 radical (unpaired) electrons. The quantitative estimate of drug-likeness (QED) is 0.770. The van der Waals surface area contributed by atoms with E-state index in [-0.39, 0.29) is 11.0 Å². The number of carboxylic acid groups (broad SMARTS) is 1. The van der Waals surface area contributed by atoms with Gasteiger partial charge in [0, 0.05) is 10.9 Å². The normalized spacial score (nSPS) is 11.6. The lowest BCUT2D eigenvalue weighted by atomic mass is 9.99. The van der Waals surface area contributed by atoms with Crippen molar-refractivity contribution in [3.63, 3.8) is 0 Å². The molecule has 3 aromatic rings. The Morgan fingerprint density at radius 2 is 1.67 bits per heavy atom. The van der Waals surface area contributed by atoms with Gasteiger partial charge in [-0.2, -0.15) is 4.73 Å². The Morgan fingerprint density at radius 3 is 2.29 bits per heavy atom. The van der Waals surface area contributed by atoms with E-state index in [1.165, 1.54) is 0 Å². The van der Waals surface area contributed by atoms with Crippen molar-refractivity contribution >= 4 is 16.9 Å². The molecule has 0 saturated carbocycles. The SMILES string of the molecule is CC(C)(C)COn1c(-c2ccccc2)c(C(=O)O)c2ccccc21. The fourth-order valence-corrected chi connectivity index (χ4v) is 2.68. The van der Waals surface area contributed by atoms with Crippen molar-refractivity contribution in [2.75, 3.05) is 6.61 Å². The smallest absolute Gasteiger partial charge is 0.338 e. The maximum absolute atomic E-state index is 12.0. The Morgan fingerprint density at radius 1 is 1.04 bits per heavy atom. The van der Waals surface area contributed by atoms with Gasteiger partial charge in [-0.1, -0.05) is 69.3 Å². The van der Waals surface area contributed by atoms with Crippen LogP contribution >= 0.6 is 0 Å². The summed E-state index contributed by atoms with van der Waals surface area (Å²) in [5, 5.41) is 10.5. The van der Waals surface area contributed by atoms with Gasteiger partial charge in [0.15, 0.2) is 0 Å². The van der Waals surface area contributed by atoms with E-state index >= 15 is 0 Å². The Bertz CT molecular complexity index is 873. The summed E-state index contributed by atoms with van der Waals surface area (Å²) in [5.74, 6) is -0.955. The van der Waals surface area contributed by atoms with Crippen LogP contribution in [0, 0.1) is 5.41 Å². The largest absolute Gasteiger partial charge is 0.478 e. The number of carbonyl (C=O) groups is 1. The molecule has 124 valence electrons. The number of carboxylic acids is 1. The summed E-state index contributed by atoms with van der Waals surface area (Å²) in [7, 11) is 0. The molecule has 0 aliphatic rings. The topological polar surface area (TPSA) is 51.5 Å². The fourth-order valence-electron chi connectivity index (χ4n) is 2.68. The highest BCUT2D eigenvalue weighted by Gasteiger charge is 2.25. The molecule has 1 aromatic heterocycles. The molecular formula is C20H21NO3. The van der Waals surface area contributed by atoms with Crippen LogP contribution in [-0.2, 0) is 0 Å². The number of aromatic nitrogens is 1. The minimum atomic E-state index is -0.955. The maximum atomic E-state index is 12.0. The molecule has 2 aromatic carbocycles. The minimum Gasteiger partial charge on any atom is -0.478 e. The summed E-state index contributed by atoms with van der Waals surface area (Å²) in [6.45, 7) is 6.72. The highest BCUT2D eigenvalue weighted by Crippen LogP contribution is 2.33. The Balaban J connectivity index is 2.29. The van der Waals surface area contributed by atoms with Crippen molar-refractivity contribution < 1.29 is 14.7 Å². The van der Waals surface area contributed by atoms with Gasteiger partial charge in [-0.15, -0.1) is 0 Å². The number of para-hydroxylation sites is 1. The standard InChI is InChI=1S/C20H21NO3/c1-20(2,3)13-24-21-16-12-8-7-11-15(16)17(19(22)23)18(21)14-9-5-4-6-10-14/h4-12H,13H2,1-3H3,(H,22,23). The van der Waals surface area contributed by atoms with E-state index in [4.69, 9.17) is 4.84 Å². The average molecular weight is 323 g/mol. The van der Waals surface area contributed by atoms with Gasteiger partial charge in [0.2, 0.25) is 0 Å². The molecule has 1 N–H and O–H groups in total. The van der Waals surface area contributed by atoms with Gasteiger partial charge in [0.25, 0.3) is 0 Å². The van der Waals surface area contributed by atoms with Crippen LogP contribution in [0.5, 0.6) is 0 Å². The first kappa shape index (κ1) is 16.1. The van der Waals surface area contributed by atoms with E-state index in [0.717, 1.165) is 11.1 Å². The number of rotatable bonds is 4. The van der Waals surface area contributed by atoms with Crippen molar-refractivity contribution in [2.24, 2.45) is 5.41 Å². The molecule has 0 unspecified atom stereocenters. The summed E-state index contributed by atoms with van der Waals surface area (Å²) >= 11 is 0. The lowest BCUT2D eigenvalue weighted by Crippen LogP contribution is -2.24. The van der Waals surface area contributed by atoms with Crippen LogP contribution < -0.4 is 4.84 Å². The summed E-state index contributed by atoms with van der Waals surface area (Å²) in [6.07, 6.45) is 0. The number of benzene rings is 2. The third-order valence-electron chi connectivity index (χ3n) is 3.72. The molecule has 0 atom stereocenters. The Labute approximate surface area is 141 Å². The molecule has 0 saturated heterocycles. The van der Waals surface area contributed by atoms with Crippen LogP contribution in [0.25, 0.3) is 22.2 Å². The summed E-state index contributed by atoms with van der Waals surface area (Å²) in [5.41, 5.74) is 2.39. The fraction of sp³-hybridized carbons (Fsp3) is 0.250. The van der Waals surface area contributed by atoms with Crippen molar-refractivity contribution in [2.45, 2.75) is 20.8 Å². The zero-order valence-electron chi connectivity index (χ0n) is 14.1. The van der Waals surface area contributed by atoms with Gasteiger partial charge in [-0.3, -0.25) is 0 Å². The average Bonchev–Trinajstić information content (AvgIpc) is 2.87. The van der Waals surface area contributed by atoms with Crippen LogP contribution in [0.2, 0.25) is 0 Å². The second-order valence-electron chi connectivity index (χ2n) is 7.04. The number of hydrogen-bond acceptors (Lipinski definition) is 2. The summed E-state index contributed by atoms with van der Waals surface area (Å²) < 4.78 is 1.67. The number of hydrogen-bond donors (Lipinski definition) is 1. The molecule has 3 rings (SSSR count). The minimum absolute atomic E-state index is 0.0390. The molecule has 0 spiro atoms. The van der Waals surface area contributed by atoms with Crippen molar-refractivity contribution in [3.8, 4) is 11.3 Å². The third kappa shape index (κ3) is 3.00. The summed E-state index contributed by atoms with van der Waals surface area (Å²) in [6, 6.07) is 16.9. The van der Waals surface area contributed by atoms with Crippen molar-refractivity contribution in [3.05, 3.63) is 60.2 Å². The molecule has 0 aliphatic heterocycles. The van der Waals surface area contributed by atoms with E-state index in [0.29, 0.717) is 17.7 Å². The first-order chi connectivity index (χ1) is 11.4. The highest BCUT2D eigenvalue weighted by molar-refractivity contribution is 6.09. The number of fused-ring (bicyclic) bond motifs is 1. The van der Waals surface area contributed by atoms with Crippen LogP contribution in [0.4, 0.5) is 0 Å². The number of aromatic carboxylic acids is 1. The highest BCUT2D eigenvalue weighted by atomic mass is 16.7. The van der Waals surface area contributed by atoms with Gasteiger partial charge < -0.3 is 9.94 Å². The van der Waals surface area contributed by atoms with E-state index in [9.17, 15) is 9.90 Å².